The first-order valence-corrected chi connectivity index (χ1v) is 4.24. The zero-order valence-electron chi connectivity index (χ0n) is 7.42. The number of rotatable bonds is 6. The Hall–Kier alpha value is -0.120. The van der Waals surface area contributed by atoms with Crippen LogP contribution in [0.25, 0.3) is 0 Å². The molecule has 0 aromatic rings. The molecule has 0 spiro atoms. The quantitative estimate of drug-likeness (QED) is 0.597. The summed E-state index contributed by atoms with van der Waals surface area (Å²) in [5.74, 6) is 0. The highest BCUT2D eigenvalue weighted by Gasteiger charge is 2.14. The minimum Gasteiger partial charge on any atom is -0.394 e. The lowest BCUT2D eigenvalue weighted by Gasteiger charge is -2.20. The zero-order chi connectivity index (χ0) is 8.69. The van der Waals surface area contributed by atoms with Gasteiger partial charge < -0.3 is 15.6 Å². The van der Waals surface area contributed by atoms with Crippen LogP contribution < -0.4 is 5.73 Å². The predicted octanol–water partition coefficient (Wildman–Crippen LogP) is 0.511. The van der Waals surface area contributed by atoms with E-state index in [2.05, 4.69) is 0 Å². The Morgan fingerprint density at radius 2 is 2.09 bits per heavy atom. The van der Waals surface area contributed by atoms with Gasteiger partial charge in [0.25, 0.3) is 0 Å². The number of aliphatic hydroxyl groups is 1. The zero-order valence-corrected chi connectivity index (χ0v) is 7.42. The lowest BCUT2D eigenvalue weighted by Crippen LogP contribution is -2.39. The maximum absolute atomic E-state index is 8.85. The van der Waals surface area contributed by atoms with E-state index >= 15 is 0 Å². The normalized spacial score (nSPS) is 16.4. The Kier molecular flexibility index (Phi) is 6.51. The molecule has 3 nitrogen and oxygen atoms in total. The Labute approximate surface area is 68.5 Å². The fourth-order valence-electron chi connectivity index (χ4n) is 0.844. The van der Waals surface area contributed by atoms with Crippen LogP contribution in [0.15, 0.2) is 0 Å². The second kappa shape index (κ2) is 6.58. The molecule has 0 amide bonds. The fraction of sp³-hybridized carbons (Fsp3) is 1.00. The van der Waals surface area contributed by atoms with Crippen molar-refractivity contribution < 1.29 is 9.84 Å². The molecule has 0 saturated heterocycles. The van der Waals surface area contributed by atoms with Crippen molar-refractivity contribution in [3.8, 4) is 0 Å². The van der Waals surface area contributed by atoms with Gasteiger partial charge in [-0.15, -0.1) is 0 Å². The Morgan fingerprint density at radius 1 is 1.45 bits per heavy atom. The Balaban J connectivity index is 3.56. The molecule has 11 heavy (non-hydrogen) atoms. The first-order chi connectivity index (χ1) is 5.26. The standard InChI is InChI=1S/C8H19NO2/c1-3-5-11-8(6-10)7(9)4-2/h7-8,10H,3-6,9H2,1-2H3. The number of hydrogen-bond acceptors (Lipinski definition) is 3. The van der Waals surface area contributed by atoms with E-state index in [4.69, 9.17) is 15.6 Å². The van der Waals surface area contributed by atoms with E-state index in [9.17, 15) is 0 Å². The highest BCUT2D eigenvalue weighted by atomic mass is 16.5. The molecule has 2 atom stereocenters. The molecule has 0 aliphatic carbocycles. The fourth-order valence-corrected chi connectivity index (χ4v) is 0.844. The second-order valence-electron chi connectivity index (χ2n) is 2.66. The molecule has 0 aromatic carbocycles. The van der Waals surface area contributed by atoms with Crippen LogP contribution in [-0.2, 0) is 4.74 Å². The van der Waals surface area contributed by atoms with Crippen molar-refractivity contribution >= 4 is 0 Å². The van der Waals surface area contributed by atoms with E-state index in [0.29, 0.717) is 6.61 Å². The van der Waals surface area contributed by atoms with Crippen molar-refractivity contribution in [1.82, 2.24) is 0 Å². The summed E-state index contributed by atoms with van der Waals surface area (Å²) in [7, 11) is 0. The Morgan fingerprint density at radius 3 is 2.45 bits per heavy atom. The summed E-state index contributed by atoms with van der Waals surface area (Å²) in [6, 6.07) is -0.0356. The summed E-state index contributed by atoms with van der Waals surface area (Å²) in [6.07, 6.45) is 1.63. The number of nitrogens with two attached hydrogens (primary N) is 1. The minimum atomic E-state index is -0.181. The smallest absolute Gasteiger partial charge is 0.0955 e. The van der Waals surface area contributed by atoms with Gasteiger partial charge in [0.2, 0.25) is 0 Å². The molecular formula is C8H19NO2. The molecule has 0 saturated carbocycles. The number of ether oxygens (including phenoxy) is 1. The largest absolute Gasteiger partial charge is 0.394 e. The maximum atomic E-state index is 8.85. The van der Waals surface area contributed by atoms with Crippen molar-refractivity contribution in [3.63, 3.8) is 0 Å². The van der Waals surface area contributed by atoms with E-state index in [1.165, 1.54) is 0 Å². The van der Waals surface area contributed by atoms with Crippen LogP contribution >= 0.6 is 0 Å². The van der Waals surface area contributed by atoms with Crippen molar-refractivity contribution in [1.29, 1.82) is 0 Å². The number of aliphatic hydroxyl groups excluding tert-OH is 1. The second-order valence-corrected chi connectivity index (χ2v) is 2.66. The van der Waals surface area contributed by atoms with Crippen LogP contribution in [-0.4, -0.2) is 30.5 Å². The molecule has 0 heterocycles. The number of hydrogen-bond donors (Lipinski definition) is 2. The van der Waals surface area contributed by atoms with Gasteiger partial charge >= 0.3 is 0 Å². The molecule has 68 valence electrons. The van der Waals surface area contributed by atoms with Gasteiger partial charge in [-0.25, -0.2) is 0 Å². The average Bonchev–Trinajstić information content (AvgIpc) is 2.05. The van der Waals surface area contributed by atoms with Crippen molar-refractivity contribution in [2.45, 2.75) is 38.8 Å². The summed E-state index contributed by atoms with van der Waals surface area (Å²) < 4.78 is 5.32. The summed E-state index contributed by atoms with van der Waals surface area (Å²) in [6.45, 7) is 4.72. The summed E-state index contributed by atoms with van der Waals surface area (Å²) >= 11 is 0. The maximum Gasteiger partial charge on any atom is 0.0955 e. The van der Waals surface area contributed by atoms with E-state index < -0.39 is 0 Å². The molecule has 2 unspecified atom stereocenters. The van der Waals surface area contributed by atoms with Gasteiger partial charge in [0.15, 0.2) is 0 Å². The van der Waals surface area contributed by atoms with Crippen LogP contribution in [0, 0.1) is 0 Å². The first-order valence-electron chi connectivity index (χ1n) is 4.24. The Bertz CT molecular complexity index is 88.2. The lowest BCUT2D eigenvalue weighted by molar-refractivity contribution is -0.00257. The van der Waals surface area contributed by atoms with Gasteiger partial charge in [0.1, 0.15) is 0 Å². The summed E-state index contributed by atoms with van der Waals surface area (Å²) in [4.78, 5) is 0. The molecule has 0 aliphatic rings. The molecule has 0 aliphatic heterocycles. The average molecular weight is 161 g/mol. The van der Waals surface area contributed by atoms with E-state index in [1.54, 1.807) is 0 Å². The van der Waals surface area contributed by atoms with E-state index in [0.717, 1.165) is 12.8 Å². The highest BCUT2D eigenvalue weighted by Crippen LogP contribution is 2.00. The van der Waals surface area contributed by atoms with E-state index in [1.807, 2.05) is 13.8 Å². The molecule has 0 bridgehead atoms. The molecule has 3 N–H and O–H groups in total. The predicted molar refractivity (Wildman–Crippen MR) is 45.4 cm³/mol. The topological polar surface area (TPSA) is 55.5 Å². The monoisotopic (exact) mass is 161 g/mol. The van der Waals surface area contributed by atoms with Crippen LogP contribution in [0.4, 0.5) is 0 Å². The summed E-state index contributed by atoms with van der Waals surface area (Å²) in [5, 5.41) is 8.85. The van der Waals surface area contributed by atoms with Gasteiger partial charge in [-0.3, -0.25) is 0 Å². The molecule has 0 radical (unpaired) electrons. The molecule has 0 aromatic heterocycles. The molecular weight excluding hydrogens is 142 g/mol. The third-order valence-corrected chi connectivity index (χ3v) is 1.66. The van der Waals surface area contributed by atoms with Crippen molar-refractivity contribution in [2.24, 2.45) is 5.73 Å². The lowest BCUT2D eigenvalue weighted by atomic mass is 10.1. The third kappa shape index (κ3) is 4.35. The van der Waals surface area contributed by atoms with Gasteiger partial charge in [0, 0.05) is 12.6 Å². The van der Waals surface area contributed by atoms with Crippen molar-refractivity contribution in [2.75, 3.05) is 13.2 Å². The molecule has 0 fully saturated rings. The van der Waals surface area contributed by atoms with Crippen LogP contribution in [0.2, 0.25) is 0 Å². The van der Waals surface area contributed by atoms with Crippen molar-refractivity contribution in [3.05, 3.63) is 0 Å². The van der Waals surface area contributed by atoms with E-state index in [-0.39, 0.29) is 18.8 Å². The van der Waals surface area contributed by atoms with Gasteiger partial charge in [-0.2, -0.15) is 0 Å². The van der Waals surface area contributed by atoms with Crippen LogP contribution in [0.5, 0.6) is 0 Å². The van der Waals surface area contributed by atoms with Gasteiger partial charge in [0.05, 0.1) is 12.7 Å². The SMILES string of the molecule is CCCOC(CO)C(N)CC. The first kappa shape index (κ1) is 10.9. The minimum absolute atomic E-state index is 0.0228. The molecule has 0 rings (SSSR count). The van der Waals surface area contributed by atoms with Gasteiger partial charge in [-0.05, 0) is 12.8 Å². The third-order valence-electron chi connectivity index (χ3n) is 1.66. The van der Waals surface area contributed by atoms with Crippen LogP contribution in [0.3, 0.4) is 0 Å². The highest BCUT2D eigenvalue weighted by molar-refractivity contribution is 4.70. The molecule has 3 heteroatoms. The summed E-state index contributed by atoms with van der Waals surface area (Å²) in [5.41, 5.74) is 5.68. The van der Waals surface area contributed by atoms with Gasteiger partial charge in [-0.1, -0.05) is 13.8 Å². The van der Waals surface area contributed by atoms with Crippen LogP contribution in [0.1, 0.15) is 26.7 Å².